The zero-order valence-electron chi connectivity index (χ0n) is 12.5. The summed E-state index contributed by atoms with van der Waals surface area (Å²) in [5.41, 5.74) is 4.56. The maximum absolute atomic E-state index is 12.5. The normalized spacial score (nSPS) is 16.2. The monoisotopic (exact) mass is 280 g/mol. The van der Waals surface area contributed by atoms with E-state index >= 15 is 0 Å². The van der Waals surface area contributed by atoms with Crippen LogP contribution in [0.25, 0.3) is 0 Å². The van der Waals surface area contributed by atoms with Crippen molar-refractivity contribution in [3.05, 3.63) is 59.7 Å². The van der Waals surface area contributed by atoms with Crippen LogP contribution in [-0.2, 0) is 4.79 Å². The van der Waals surface area contributed by atoms with Crippen molar-refractivity contribution in [2.45, 2.75) is 19.3 Å². The molecule has 0 bridgehead atoms. The van der Waals surface area contributed by atoms with E-state index in [2.05, 4.69) is 17.4 Å². The van der Waals surface area contributed by atoms with Crippen molar-refractivity contribution in [1.29, 1.82) is 0 Å². The third-order valence-corrected chi connectivity index (χ3v) is 4.16. The van der Waals surface area contributed by atoms with Crippen molar-refractivity contribution in [2.24, 2.45) is 0 Å². The van der Waals surface area contributed by atoms with E-state index in [1.54, 1.807) is 4.90 Å². The van der Waals surface area contributed by atoms with Crippen LogP contribution in [0.15, 0.2) is 48.5 Å². The molecule has 1 amide bonds. The lowest BCUT2D eigenvalue weighted by atomic mass is 9.97. The van der Waals surface area contributed by atoms with Gasteiger partial charge in [-0.25, -0.2) is 0 Å². The van der Waals surface area contributed by atoms with Crippen LogP contribution in [0.1, 0.15) is 23.5 Å². The minimum absolute atomic E-state index is 0.155. The van der Waals surface area contributed by atoms with Crippen LogP contribution in [0.4, 0.5) is 11.4 Å². The Bertz CT molecular complexity index is 649. The van der Waals surface area contributed by atoms with Crippen molar-refractivity contribution < 1.29 is 4.79 Å². The number of para-hydroxylation sites is 1. The number of aryl methyl sites for hydroxylation is 1. The van der Waals surface area contributed by atoms with Gasteiger partial charge in [-0.3, -0.25) is 4.79 Å². The molecular formula is C18H20N2O. The van der Waals surface area contributed by atoms with Crippen molar-refractivity contribution in [3.63, 3.8) is 0 Å². The van der Waals surface area contributed by atoms with Crippen LogP contribution >= 0.6 is 0 Å². The van der Waals surface area contributed by atoms with Crippen molar-refractivity contribution in [3.8, 4) is 0 Å². The Hall–Kier alpha value is -2.29. The highest BCUT2D eigenvalue weighted by Crippen LogP contribution is 2.33. The van der Waals surface area contributed by atoms with Crippen LogP contribution in [-0.4, -0.2) is 19.5 Å². The Morgan fingerprint density at radius 1 is 1.19 bits per heavy atom. The summed E-state index contributed by atoms with van der Waals surface area (Å²) in [5.74, 6) is 0.420. The Balaban J connectivity index is 1.71. The first-order chi connectivity index (χ1) is 10.1. The van der Waals surface area contributed by atoms with Gasteiger partial charge < -0.3 is 10.2 Å². The first-order valence-corrected chi connectivity index (χ1v) is 7.31. The Morgan fingerprint density at radius 3 is 2.67 bits per heavy atom. The van der Waals surface area contributed by atoms with Gasteiger partial charge in [0.15, 0.2) is 0 Å². The highest BCUT2D eigenvalue weighted by Gasteiger charge is 2.25. The molecule has 0 aliphatic carbocycles. The predicted molar refractivity (Wildman–Crippen MR) is 86.9 cm³/mol. The molecule has 3 nitrogen and oxygen atoms in total. The molecule has 0 saturated carbocycles. The molecule has 3 heteroatoms. The average Bonchev–Trinajstić information content (AvgIpc) is 2.91. The molecule has 1 aliphatic rings. The van der Waals surface area contributed by atoms with Gasteiger partial charge in [-0.05, 0) is 30.7 Å². The van der Waals surface area contributed by atoms with Crippen molar-refractivity contribution in [1.82, 2.24) is 0 Å². The van der Waals surface area contributed by atoms with Crippen LogP contribution in [0.5, 0.6) is 0 Å². The second-order valence-electron chi connectivity index (χ2n) is 5.66. The molecule has 3 rings (SSSR count). The summed E-state index contributed by atoms with van der Waals surface area (Å²) in [6.45, 7) is 2.89. The van der Waals surface area contributed by atoms with Crippen LogP contribution in [0, 0.1) is 6.92 Å². The average molecular weight is 280 g/mol. The second-order valence-corrected chi connectivity index (χ2v) is 5.66. The summed E-state index contributed by atoms with van der Waals surface area (Å²) in [5, 5.41) is 3.37. The number of carbonyl (C=O) groups excluding carboxylic acids is 1. The fourth-order valence-corrected chi connectivity index (χ4v) is 2.80. The van der Waals surface area contributed by atoms with Gasteiger partial charge in [0.25, 0.3) is 0 Å². The van der Waals surface area contributed by atoms with E-state index in [0.29, 0.717) is 6.42 Å². The molecule has 0 spiro atoms. The molecule has 1 atom stereocenters. The molecule has 2 aromatic rings. The lowest BCUT2D eigenvalue weighted by molar-refractivity contribution is -0.118. The van der Waals surface area contributed by atoms with Crippen molar-refractivity contribution >= 4 is 17.3 Å². The molecule has 0 saturated heterocycles. The van der Waals surface area contributed by atoms with Gasteiger partial charge in [0.1, 0.15) is 0 Å². The molecule has 0 fully saturated rings. The number of benzene rings is 2. The molecule has 108 valence electrons. The largest absolute Gasteiger partial charge is 0.384 e. The third kappa shape index (κ3) is 2.77. The quantitative estimate of drug-likeness (QED) is 0.932. The van der Waals surface area contributed by atoms with E-state index in [1.165, 1.54) is 11.1 Å². The summed E-state index contributed by atoms with van der Waals surface area (Å²) >= 11 is 0. The van der Waals surface area contributed by atoms with Gasteiger partial charge in [-0.15, -0.1) is 0 Å². The number of amides is 1. The maximum atomic E-state index is 12.5. The van der Waals surface area contributed by atoms with E-state index in [1.807, 2.05) is 50.4 Å². The number of rotatable bonds is 3. The molecule has 0 aromatic heterocycles. The molecule has 0 radical (unpaired) electrons. The lowest BCUT2D eigenvalue weighted by Crippen LogP contribution is -2.28. The summed E-state index contributed by atoms with van der Waals surface area (Å²) in [4.78, 5) is 14.2. The molecule has 1 unspecified atom stereocenters. The minimum atomic E-state index is 0.155. The first kappa shape index (κ1) is 13.7. The molecule has 21 heavy (non-hydrogen) atoms. The third-order valence-electron chi connectivity index (χ3n) is 4.16. The summed E-state index contributed by atoms with van der Waals surface area (Å²) < 4.78 is 0. The van der Waals surface area contributed by atoms with Gasteiger partial charge in [0.2, 0.25) is 5.91 Å². The van der Waals surface area contributed by atoms with E-state index < -0.39 is 0 Å². The molecule has 2 aromatic carbocycles. The predicted octanol–water partition coefficient (Wildman–Crippen LogP) is 3.56. The highest BCUT2D eigenvalue weighted by atomic mass is 16.2. The van der Waals surface area contributed by atoms with E-state index in [9.17, 15) is 4.79 Å². The number of nitrogens with one attached hydrogen (secondary N) is 1. The number of carbonyl (C=O) groups is 1. The van der Waals surface area contributed by atoms with Crippen LogP contribution < -0.4 is 10.2 Å². The Labute approximate surface area is 125 Å². The number of nitrogens with zero attached hydrogens (tertiary/aromatic N) is 1. The number of anilines is 2. The van der Waals surface area contributed by atoms with Gasteiger partial charge in [0.05, 0.1) is 0 Å². The van der Waals surface area contributed by atoms with Crippen molar-refractivity contribution in [2.75, 3.05) is 23.8 Å². The van der Waals surface area contributed by atoms with Gasteiger partial charge in [0, 0.05) is 37.3 Å². The molecular weight excluding hydrogens is 260 g/mol. The number of hydrogen-bond donors (Lipinski definition) is 1. The molecule has 1 N–H and O–H groups in total. The number of fused-ring (bicyclic) bond motifs is 1. The van der Waals surface area contributed by atoms with E-state index in [-0.39, 0.29) is 11.8 Å². The topological polar surface area (TPSA) is 32.3 Å². The van der Waals surface area contributed by atoms with Gasteiger partial charge >= 0.3 is 0 Å². The highest BCUT2D eigenvalue weighted by molar-refractivity contribution is 5.93. The maximum Gasteiger partial charge on any atom is 0.227 e. The smallest absolute Gasteiger partial charge is 0.227 e. The fourth-order valence-electron chi connectivity index (χ4n) is 2.80. The Morgan fingerprint density at radius 2 is 1.90 bits per heavy atom. The zero-order valence-corrected chi connectivity index (χ0v) is 12.5. The zero-order chi connectivity index (χ0) is 14.8. The minimum Gasteiger partial charge on any atom is -0.384 e. The molecule has 1 aliphatic heterocycles. The Kier molecular flexibility index (Phi) is 3.65. The standard InChI is InChI=1S/C18H20N2O/c1-13-7-9-15(10-8-13)20(2)18(21)11-14-12-19-17-6-4-3-5-16(14)17/h3-10,14,19H,11-12H2,1-2H3. The van der Waals surface area contributed by atoms with Gasteiger partial charge in [-0.1, -0.05) is 35.9 Å². The summed E-state index contributed by atoms with van der Waals surface area (Å²) in [6.07, 6.45) is 0.536. The van der Waals surface area contributed by atoms with Crippen LogP contribution in [0.2, 0.25) is 0 Å². The van der Waals surface area contributed by atoms with Gasteiger partial charge in [-0.2, -0.15) is 0 Å². The summed E-state index contributed by atoms with van der Waals surface area (Å²) in [6, 6.07) is 16.3. The molecule has 1 heterocycles. The fraction of sp³-hybridized carbons (Fsp3) is 0.278. The summed E-state index contributed by atoms with van der Waals surface area (Å²) in [7, 11) is 1.85. The van der Waals surface area contributed by atoms with E-state index in [4.69, 9.17) is 0 Å². The van der Waals surface area contributed by atoms with Crippen LogP contribution in [0.3, 0.4) is 0 Å². The van der Waals surface area contributed by atoms with E-state index in [0.717, 1.165) is 17.9 Å². The SMILES string of the molecule is Cc1ccc(N(C)C(=O)CC2CNc3ccccc32)cc1. The first-order valence-electron chi connectivity index (χ1n) is 7.31. The second kappa shape index (κ2) is 5.60. The lowest BCUT2D eigenvalue weighted by Gasteiger charge is -2.19. The number of hydrogen-bond acceptors (Lipinski definition) is 2.